The Labute approximate surface area is 128 Å². The first-order valence-electron chi connectivity index (χ1n) is 5.98. The van der Waals surface area contributed by atoms with E-state index >= 15 is 0 Å². The van der Waals surface area contributed by atoms with Gasteiger partial charge < -0.3 is 10.4 Å². The Balaban J connectivity index is 2.14. The van der Waals surface area contributed by atoms with Crippen LogP contribution in [0.25, 0.3) is 0 Å². The Morgan fingerprint density at radius 3 is 2.67 bits per heavy atom. The number of nitrogens with zero attached hydrogens (tertiary/aromatic N) is 1. The Bertz CT molecular complexity index is 703. The molecule has 0 radical (unpaired) electrons. The molecule has 0 fully saturated rings. The van der Waals surface area contributed by atoms with Gasteiger partial charge in [0, 0.05) is 17.1 Å². The van der Waals surface area contributed by atoms with Crippen LogP contribution in [0.4, 0.5) is 5.69 Å². The third kappa shape index (κ3) is 3.57. The molecular weight excluding hydrogens is 340 g/mol. The van der Waals surface area contributed by atoms with Crippen molar-refractivity contribution in [3.63, 3.8) is 0 Å². The number of phenolic OH excluding ortho intramolecular Hbond substituents is 1. The number of aromatic hydroxyl groups is 1. The summed E-state index contributed by atoms with van der Waals surface area (Å²) in [5.74, 6) is -1.20. The SMILES string of the molecule is O=C(NCc1cccc(Br)c1)c1cccc([N+](=O)[O-])c1O. The summed E-state index contributed by atoms with van der Waals surface area (Å²) in [5.41, 5.74) is 0.243. The van der Waals surface area contributed by atoms with E-state index in [0.29, 0.717) is 0 Å². The second kappa shape index (κ2) is 6.36. The summed E-state index contributed by atoms with van der Waals surface area (Å²) in [6, 6.07) is 11.2. The Hall–Kier alpha value is -2.41. The molecule has 0 heterocycles. The number of nitrogens with one attached hydrogen (secondary N) is 1. The van der Waals surface area contributed by atoms with Gasteiger partial charge in [-0.2, -0.15) is 0 Å². The maximum absolute atomic E-state index is 12.0. The number of hydrogen-bond donors (Lipinski definition) is 2. The molecule has 2 aromatic rings. The molecule has 7 heteroatoms. The largest absolute Gasteiger partial charge is 0.502 e. The number of carbonyl (C=O) groups is 1. The average Bonchev–Trinajstić information content (AvgIpc) is 2.45. The van der Waals surface area contributed by atoms with Gasteiger partial charge in [-0.05, 0) is 23.8 Å². The fourth-order valence-electron chi connectivity index (χ4n) is 1.79. The van der Waals surface area contributed by atoms with Crippen LogP contribution in [0.5, 0.6) is 5.75 Å². The summed E-state index contributed by atoms with van der Waals surface area (Å²) in [4.78, 5) is 22.0. The van der Waals surface area contributed by atoms with Gasteiger partial charge in [0.05, 0.1) is 10.5 Å². The van der Waals surface area contributed by atoms with Gasteiger partial charge >= 0.3 is 5.69 Å². The third-order valence-electron chi connectivity index (χ3n) is 2.80. The monoisotopic (exact) mass is 350 g/mol. The summed E-state index contributed by atoms with van der Waals surface area (Å²) >= 11 is 3.32. The zero-order valence-electron chi connectivity index (χ0n) is 10.7. The van der Waals surface area contributed by atoms with E-state index in [1.807, 2.05) is 24.3 Å². The molecular formula is C14H11BrN2O4. The highest BCUT2D eigenvalue weighted by Gasteiger charge is 2.20. The predicted molar refractivity (Wildman–Crippen MR) is 80.1 cm³/mol. The molecule has 0 bridgehead atoms. The number of amides is 1. The molecule has 0 aromatic heterocycles. The van der Waals surface area contributed by atoms with Crippen molar-refractivity contribution in [1.29, 1.82) is 0 Å². The second-order valence-electron chi connectivity index (χ2n) is 4.24. The lowest BCUT2D eigenvalue weighted by Crippen LogP contribution is -2.23. The van der Waals surface area contributed by atoms with Gasteiger partial charge in [0.15, 0.2) is 0 Å². The number of phenols is 1. The standard InChI is InChI=1S/C14H11BrN2O4/c15-10-4-1-3-9(7-10)8-16-14(19)11-5-2-6-12(13(11)18)17(20)21/h1-7,18H,8H2,(H,16,19). The van der Waals surface area contributed by atoms with Crippen molar-refractivity contribution in [1.82, 2.24) is 5.32 Å². The zero-order valence-corrected chi connectivity index (χ0v) is 12.3. The van der Waals surface area contributed by atoms with Crippen molar-refractivity contribution < 1.29 is 14.8 Å². The van der Waals surface area contributed by atoms with Crippen LogP contribution in [-0.2, 0) is 6.54 Å². The minimum atomic E-state index is -0.736. The first-order chi connectivity index (χ1) is 9.99. The van der Waals surface area contributed by atoms with E-state index in [-0.39, 0.29) is 12.1 Å². The lowest BCUT2D eigenvalue weighted by atomic mass is 10.1. The number of hydrogen-bond acceptors (Lipinski definition) is 4. The fraction of sp³-hybridized carbons (Fsp3) is 0.0714. The molecule has 0 atom stereocenters. The number of nitro groups is 1. The molecule has 21 heavy (non-hydrogen) atoms. The molecule has 6 nitrogen and oxygen atoms in total. The average molecular weight is 351 g/mol. The van der Waals surface area contributed by atoms with E-state index < -0.39 is 22.3 Å². The van der Waals surface area contributed by atoms with Crippen molar-refractivity contribution in [3.05, 3.63) is 68.2 Å². The van der Waals surface area contributed by atoms with Crippen LogP contribution in [0.1, 0.15) is 15.9 Å². The van der Waals surface area contributed by atoms with Crippen LogP contribution in [0.2, 0.25) is 0 Å². The van der Waals surface area contributed by atoms with Gasteiger partial charge in [0.1, 0.15) is 0 Å². The third-order valence-corrected chi connectivity index (χ3v) is 3.29. The van der Waals surface area contributed by atoms with E-state index in [0.717, 1.165) is 16.1 Å². The van der Waals surface area contributed by atoms with Crippen LogP contribution in [0.15, 0.2) is 46.9 Å². The van der Waals surface area contributed by atoms with Crippen molar-refractivity contribution >= 4 is 27.5 Å². The highest BCUT2D eigenvalue weighted by atomic mass is 79.9. The Morgan fingerprint density at radius 1 is 1.29 bits per heavy atom. The maximum atomic E-state index is 12.0. The van der Waals surface area contributed by atoms with E-state index in [4.69, 9.17) is 0 Å². The van der Waals surface area contributed by atoms with E-state index in [2.05, 4.69) is 21.2 Å². The highest BCUT2D eigenvalue weighted by molar-refractivity contribution is 9.10. The quantitative estimate of drug-likeness (QED) is 0.654. The normalized spacial score (nSPS) is 10.1. The summed E-state index contributed by atoms with van der Waals surface area (Å²) < 4.78 is 0.882. The molecule has 0 saturated heterocycles. The van der Waals surface area contributed by atoms with E-state index in [1.165, 1.54) is 12.1 Å². The first-order valence-corrected chi connectivity index (χ1v) is 6.77. The van der Waals surface area contributed by atoms with E-state index in [9.17, 15) is 20.0 Å². The van der Waals surface area contributed by atoms with E-state index in [1.54, 1.807) is 0 Å². The van der Waals surface area contributed by atoms with Crippen LogP contribution in [0.3, 0.4) is 0 Å². The molecule has 2 rings (SSSR count). The van der Waals surface area contributed by atoms with Gasteiger partial charge in [0.2, 0.25) is 5.75 Å². The highest BCUT2D eigenvalue weighted by Crippen LogP contribution is 2.29. The molecule has 2 aromatic carbocycles. The van der Waals surface area contributed by atoms with Gasteiger partial charge in [-0.3, -0.25) is 14.9 Å². The van der Waals surface area contributed by atoms with Crippen molar-refractivity contribution in [3.8, 4) is 5.75 Å². The van der Waals surface area contributed by atoms with Crippen LogP contribution in [-0.4, -0.2) is 15.9 Å². The molecule has 0 spiro atoms. The minimum Gasteiger partial charge on any atom is -0.502 e. The second-order valence-corrected chi connectivity index (χ2v) is 5.16. The molecule has 1 amide bonds. The number of carbonyl (C=O) groups excluding carboxylic acids is 1. The molecule has 0 aliphatic heterocycles. The fourth-order valence-corrected chi connectivity index (χ4v) is 2.23. The van der Waals surface area contributed by atoms with Gasteiger partial charge in [-0.15, -0.1) is 0 Å². The Morgan fingerprint density at radius 2 is 2.00 bits per heavy atom. The first kappa shape index (κ1) is 15.0. The molecule has 2 N–H and O–H groups in total. The van der Waals surface area contributed by atoms with Crippen LogP contribution in [0, 0.1) is 10.1 Å². The number of halogens is 1. The number of benzene rings is 2. The molecule has 0 aliphatic carbocycles. The van der Waals surface area contributed by atoms with Crippen LogP contribution >= 0.6 is 15.9 Å². The van der Waals surface area contributed by atoms with Gasteiger partial charge in [-0.1, -0.05) is 34.1 Å². The maximum Gasteiger partial charge on any atom is 0.311 e. The number of rotatable bonds is 4. The van der Waals surface area contributed by atoms with Crippen molar-refractivity contribution in [2.75, 3.05) is 0 Å². The summed E-state index contributed by atoms with van der Waals surface area (Å²) in [5, 5.41) is 23.1. The van der Waals surface area contributed by atoms with Gasteiger partial charge in [-0.25, -0.2) is 0 Å². The predicted octanol–water partition coefficient (Wildman–Crippen LogP) is 2.99. The van der Waals surface area contributed by atoms with Crippen LogP contribution < -0.4 is 5.32 Å². The number of para-hydroxylation sites is 1. The van der Waals surface area contributed by atoms with Gasteiger partial charge in [0.25, 0.3) is 5.91 Å². The lowest BCUT2D eigenvalue weighted by Gasteiger charge is -2.07. The lowest BCUT2D eigenvalue weighted by molar-refractivity contribution is -0.385. The zero-order chi connectivity index (χ0) is 15.4. The number of nitro benzene ring substituents is 1. The molecule has 0 unspecified atom stereocenters. The minimum absolute atomic E-state index is 0.126. The smallest absolute Gasteiger partial charge is 0.311 e. The summed E-state index contributed by atoms with van der Waals surface area (Å²) in [7, 11) is 0. The Kier molecular flexibility index (Phi) is 4.54. The molecule has 108 valence electrons. The van der Waals surface area contributed by atoms with Crippen molar-refractivity contribution in [2.24, 2.45) is 0 Å². The summed E-state index contributed by atoms with van der Waals surface area (Å²) in [6.45, 7) is 0.250. The topological polar surface area (TPSA) is 92.5 Å². The summed E-state index contributed by atoms with van der Waals surface area (Å²) in [6.07, 6.45) is 0. The molecule has 0 saturated carbocycles. The molecule has 0 aliphatic rings. The van der Waals surface area contributed by atoms with Crippen molar-refractivity contribution in [2.45, 2.75) is 6.54 Å².